The van der Waals surface area contributed by atoms with Crippen molar-refractivity contribution in [2.75, 3.05) is 11.4 Å². The number of nitrogens with zero attached hydrogens (tertiary/aromatic N) is 2. The summed E-state index contributed by atoms with van der Waals surface area (Å²) in [7, 11) is 0. The molecule has 0 radical (unpaired) electrons. The molecule has 1 atom stereocenters. The number of rotatable bonds is 4. The van der Waals surface area contributed by atoms with E-state index in [0.717, 1.165) is 10.3 Å². The van der Waals surface area contributed by atoms with Crippen LogP contribution < -0.4 is 10.6 Å². The minimum Gasteiger partial charge on any atom is -0.480 e. The Balaban J connectivity index is 2.36. The largest absolute Gasteiger partial charge is 0.480 e. The molecule has 0 bridgehead atoms. The van der Waals surface area contributed by atoms with Crippen LogP contribution in [0, 0.1) is 0 Å². The molecule has 0 aliphatic carbocycles. The van der Waals surface area contributed by atoms with Crippen molar-refractivity contribution in [2.45, 2.75) is 6.04 Å². The molecule has 2 rings (SSSR count). The molecule has 0 spiro atoms. The second-order valence-electron chi connectivity index (χ2n) is 4.20. The highest BCUT2D eigenvalue weighted by Crippen LogP contribution is 2.18. The molecule has 0 saturated heterocycles. The van der Waals surface area contributed by atoms with Gasteiger partial charge < -0.3 is 15.9 Å². The van der Waals surface area contributed by atoms with Crippen molar-refractivity contribution < 1.29 is 19.8 Å². The van der Waals surface area contributed by atoms with Gasteiger partial charge in [-0.05, 0) is 18.2 Å². The van der Waals surface area contributed by atoms with Gasteiger partial charge in [0, 0.05) is 5.39 Å². The topological polar surface area (TPSA) is 117 Å². The molecule has 1 aromatic carbocycles. The highest BCUT2D eigenvalue weighted by atomic mass is 16.4. The standard InChI is InChI=1S/C13H13N3O4/c14-9(12(17)18)7-16(13(19)20)11-6-5-8-3-1-2-4-10(8)15-11/h1-6,9H,7,14H2,(H,17,18)(H,19,20)/t9-/m0/s1. The molecule has 104 valence electrons. The zero-order chi connectivity index (χ0) is 14.7. The number of aliphatic carboxylic acids is 1. The highest BCUT2D eigenvalue weighted by molar-refractivity contribution is 5.89. The van der Waals surface area contributed by atoms with Gasteiger partial charge in [-0.3, -0.25) is 9.69 Å². The number of nitrogens with two attached hydrogens (primary N) is 1. The van der Waals surface area contributed by atoms with Gasteiger partial charge in [-0.15, -0.1) is 0 Å². The molecule has 0 aliphatic rings. The molecule has 2 aromatic rings. The summed E-state index contributed by atoms with van der Waals surface area (Å²) in [6.07, 6.45) is -1.30. The predicted molar refractivity (Wildman–Crippen MR) is 72.7 cm³/mol. The number of carboxylic acid groups (broad SMARTS) is 2. The number of hydrogen-bond donors (Lipinski definition) is 3. The Bertz CT molecular complexity index is 659. The average Bonchev–Trinajstić information content (AvgIpc) is 2.43. The molecule has 4 N–H and O–H groups in total. The normalized spacial score (nSPS) is 12.1. The van der Waals surface area contributed by atoms with Crippen molar-refractivity contribution in [3.63, 3.8) is 0 Å². The van der Waals surface area contributed by atoms with Gasteiger partial charge in [0.05, 0.1) is 12.1 Å². The average molecular weight is 275 g/mol. The third-order valence-electron chi connectivity index (χ3n) is 2.79. The Morgan fingerprint density at radius 3 is 2.55 bits per heavy atom. The van der Waals surface area contributed by atoms with Crippen LogP contribution >= 0.6 is 0 Å². The van der Waals surface area contributed by atoms with E-state index in [1.165, 1.54) is 6.07 Å². The van der Waals surface area contributed by atoms with Crippen LogP contribution in [0.15, 0.2) is 36.4 Å². The van der Waals surface area contributed by atoms with Gasteiger partial charge in [0.15, 0.2) is 0 Å². The lowest BCUT2D eigenvalue weighted by Gasteiger charge is -2.20. The summed E-state index contributed by atoms with van der Waals surface area (Å²) < 4.78 is 0. The monoisotopic (exact) mass is 275 g/mol. The molecule has 1 aromatic heterocycles. The van der Waals surface area contributed by atoms with Gasteiger partial charge in [-0.25, -0.2) is 9.78 Å². The number of hydrogen-bond acceptors (Lipinski definition) is 4. The van der Waals surface area contributed by atoms with Crippen molar-refractivity contribution in [3.05, 3.63) is 36.4 Å². The van der Waals surface area contributed by atoms with E-state index >= 15 is 0 Å². The van der Waals surface area contributed by atoms with E-state index in [1.54, 1.807) is 18.2 Å². The van der Waals surface area contributed by atoms with Crippen LogP contribution in [0.3, 0.4) is 0 Å². The fourth-order valence-corrected chi connectivity index (χ4v) is 1.75. The molecular formula is C13H13N3O4. The van der Waals surface area contributed by atoms with Gasteiger partial charge in [0.25, 0.3) is 0 Å². The third kappa shape index (κ3) is 2.83. The molecule has 1 heterocycles. The van der Waals surface area contributed by atoms with Crippen LogP contribution in [0.5, 0.6) is 0 Å². The lowest BCUT2D eigenvalue weighted by Crippen LogP contribution is -2.45. The van der Waals surface area contributed by atoms with Crippen molar-refractivity contribution >= 4 is 28.8 Å². The van der Waals surface area contributed by atoms with Gasteiger partial charge in [0.1, 0.15) is 11.9 Å². The number of anilines is 1. The maximum atomic E-state index is 11.2. The fourth-order valence-electron chi connectivity index (χ4n) is 1.75. The van der Waals surface area contributed by atoms with E-state index in [4.69, 9.17) is 15.9 Å². The van der Waals surface area contributed by atoms with E-state index in [9.17, 15) is 9.59 Å². The summed E-state index contributed by atoms with van der Waals surface area (Å²) in [5.74, 6) is -1.12. The zero-order valence-electron chi connectivity index (χ0n) is 10.4. The summed E-state index contributed by atoms with van der Waals surface area (Å²) in [4.78, 5) is 27.0. The quantitative estimate of drug-likeness (QED) is 0.770. The molecule has 0 unspecified atom stereocenters. The number of amides is 1. The summed E-state index contributed by atoms with van der Waals surface area (Å²) in [6, 6.07) is 9.16. The Labute approximate surface area is 114 Å². The minimum absolute atomic E-state index is 0.146. The molecule has 1 amide bonds. The van der Waals surface area contributed by atoms with Crippen LogP contribution in [0.25, 0.3) is 10.9 Å². The lowest BCUT2D eigenvalue weighted by atomic mass is 10.2. The molecular weight excluding hydrogens is 262 g/mol. The number of para-hydroxylation sites is 1. The van der Waals surface area contributed by atoms with Crippen molar-refractivity contribution in [1.29, 1.82) is 0 Å². The maximum absolute atomic E-state index is 11.2. The molecule has 0 aliphatic heterocycles. The minimum atomic E-state index is -1.31. The number of carboxylic acids is 1. The van der Waals surface area contributed by atoms with E-state index < -0.39 is 18.1 Å². The second kappa shape index (κ2) is 5.54. The van der Waals surface area contributed by atoms with Gasteiger partial charge in [0.2, 0.25) is 0 Å². The van der Waals surface area contributed by atoms with E-state index in [-0.39, 0.29) is 12.4 Å². The number of carbonyl (C=O) groups is 2. The SMILES string of the molecule is N[C@@H](CN(C(=O)O)c1ccc2ccccc2n1)C(=O)O. The Kier molecular flexibility index (Phi) is 3.81. The summed E-state index contributed by atoms with van der Waals surface area (Å²) in [5.41, 5.74) is 6.00. The first-order valence-electron chi connectivity index (χ1n) is 5.83. The molecule has 7 heteroatoms. The molecule has 7 nitrogen and oxygen atoms in total. The lowest BCUT2D eigenvalue weighted by molar-refractivity contribution is -0.138. The summed E-state index contributed by atoms with van der Waals surface area (Å²) in [5, 5.41) is 18.8. The first kappa shape index (κ1) is 13.8. The van der Waals surface area contributed by atoms with Crippen LogP contribution in [-0.2, 0) is 4.79 Å². The first-order valence-corrected chi connectivity index (χ1v) is 5.83. The Hall–Kier alpha value is -2.67. The van der Waals surface area contributed by atoms with E-state index in [0.29, 0.717) is 5.52 Å². The number of benzene rings is 1. The van der Waals surface area contributed by atoms with Gasteiger partial charge in [-0.1, -0.05) is 18.2 Å². The predicted octanol–water partition coefficient (Wildman–Crippen LogP) is 1.13. The van der Waals surface area contributed by atoms with Crippen LogP contribution in [0.4, 0.5) is 10.6 Å². The van der Waals surface area contributed by atoms with Crippen LogP contribution in [0.2, 0.25) is 0 Å². The number of fused-ring (bicyclic) bond motifs is 1. The number of pyridine rings is 1. The van der Waals surface area contributed by atoms with Crippen molar-refractivity contribution in [3.8, 4) is 0 Å². The summed E-state index contributed by atoms with van der Waals surface area (Å²) >= 11 is 0. The molecule has 0 saturated carbocycles. The smallest absolute Gasteiger partial charge is 0.413 e. The highest BCUT2D eigenvalue weighted by Gasteiger charge is 2.22. The first-order chi connectivity index (χ1) is 9.49. The third-order valence-corrected chi connectivity index (χ3v) is 2.79. The number of aromatic nitrogens is 1. The molecule has 20 heavy (non-hydrogen) atoms. The van der Waals surface area contributed by atoms with Gasteiger partial charge >= 0.3 is 12.1 Å². The maximum Gasteiger partial charge on any atom is 0.413 e. The second-order valence-corrected chi connectivity index (χ2v) is 4.20. The van der Waals surface area contributed by atoms with Gasteiger partial charge in [-0.2, -0.15) is 0 Å². The van der Waals surface area contributed by atoms with E-state index in [1.807, 2.05) is 12.1 Å². The van der Waals surface area contributed by atoms with Crippen molar-refractivity contribution in [2.24, 2.45) is 5.73 Å². The Morgan fingerprint density at radius 1 is 1.20 bits per heavy atom. The van der Waals surface area contributed by atoms with E-state index in [2.05, 4.69) is 4.98 Å². The van der Waals surface area contributed by atoms with Crippen molar-refractivity contribution in [1.82, 2.24) is 4.98 Å². The Morgan fingerprint density at radius 2 is 1.90 bits per heavy atom. The fraction of sp³-hybridized carbons (Fsp3) is 0.154. The molecule has 0 fully saturated rings. The van der Waals surface area contributed by atoms with Crippen LogP contribution in [-0.4, -0.2) is 39.8 Å². The zero-order valence-corrected chi connectivity index (χ0v) is 10.4. The summed E-state index contributed by atoms with van der Waals surface area (Å²) in [6.45, 7) is -0.365. The van der Waals surface area contributed by atoms with Crippen LogP contribution in [0.1, 0.15) is 0 Å².